The topological polar surface area (TPSA) is 63.2 Å². The van der Waals surface area contributed by atoms with Gasteiger partial charge >= 0.3 is 0 Å². The summed E-state index contributed by atoms with van der Waals surface area (Å²) in [6.07, 6.45) is 4.23. The number of hydrogen-bond acceptors (Lipinski definition) is 4. The van der Waals surface area contributed by atoms with Gasteiger partial charge in [-0.2, -0.15) is 0 Å². The highest BCUT2D eigenvalue weighted by Crippen LogP contribution is 2.26. The molecular formula is C12H7N3O2. The van der Waals surface area contributed by atoms with Crippen LogP contribution < -0.4 is 4.90 Å². The smallest absolute Gasteiger partial charge is 0.266 e. The van der Waals surface area contributed by atoms with Gasteiger partial charge in [0.2, 0.25) is 0 Å². The summed E-state index contributed by atoms with van der Waals surface area (Å²) in [5, 5.41) is 0. The molecule has 1 aromatic heterocycles. The molecule has 0 unspecified atom stereocenters. The molecule has 5 heteroatoms. The zero-order chi connectivity index (χ0) is 11.8. The minimum atomic E-state index is -0.333. The Hall–Kier alpha value is -2.56. The van der Waals surface area contributed by atoms with Crippen LogP contribution in [0.3, 0.4) is 0 Å². The molecule has 0 saturated carbocycles. The lowest BCUT2D eigenvalue weighted by molar-refractivity contribution is 0.0926. The van der Waals surface area contributed by atoms with Crippen molar-refractivity contribution in [3.05, 3.63) is 54.1 Å². The Morgan fingerprint density at radius 3 is 1.94 bits per heavy atom. The van der Waals surface area contributed by atoms with Crippen molar-refractivity contribution >= 4 is 17.5 Å². The zero-order valence-electron chi connectivity index (χ0n) is 8.70. The molecule has 0 radical (unpaired) electrons. The van der Waals surface area contributed by atoms with E-state index < -0.39 is 0 Å². The van der Waals surface area contributed by atoms with Gasteiger partial charge in [-0.3, -0.25) is 9.59 Å². The number of amides is 2. The van der Waals surface area contributed by atoms with Crippen LogP contribution in [0.4, 0.5) is 5.69 Å². The van der Waals surface area contributed by atoms with E-state index in [9.17, 15) is 9.59 Å². The molecule has 0 atom stereocenters. The van der Waals surface area contributed by atoms with E-state index >= 15 is 0 Å². The third kappa shape index (κ3) is 1.32. The van der Waals surface area contributed by atoms with Gasteiger partial charge in [-0.05, 0) is 12.1 Å². The molecule has 1 aliphatic heterocycles. The molecule has 2 aromatic rings. The van der Waals surface area contributed by atoms with Crippen molar-refractivity contribution in [3.8, 4) is 0 Å². The summed E-state index contributed by atoms with van der Waals surface area (Å²) in [4.78, 5) is 32.8. The van der Waals surface area contributed by atoms with Crippen LogP contribution in [-0.2, 0) is 0 Å². The first-order valence-corrected chi connectivity index (χ1v) is 5.02. The van der Waals surface area contributed by atoms with Crippen LogP contribution in [-0.4, -0.2) is 21.8 Å². The Balaban J connectivity index is 2.13. The first kappa shape index (κ1) is 9.65. The molecule has 0 fully saturated rings. The van der Waals surface area contributed by atoms with Gasteiger partial charge in [0.05, 0.1) is 29.2 Å². The number of imide groups is 1. The van der Waals surface area contributed by atoms with Crippen LogP contribution in [0.2, 0.25) is 0 Å². The second-order valence-electron chi connectivity index (χ2n) is 3.59. The number of carbonyl (C=O) groups excluding carboxylic acids is 2. The highest BCUT2D eigenvalue weighted by molar-refractivity contribution is 6.34. The minimum Gasteiger partial charge on any atom is -0.268 e. The molecule has 0 aliphatic carbocycles. The summed E-state index contributed by atoms with van der Waals surface area (Å²) in [5.41, 5.74) is 1.22. The number of nitrogens with zero attached hydrogens (tertiary/aromatic N) is 3. The number of benzene rings is 1. The number of carbonyl (C=O) groups is 2. The van der Waals surface area contributed by atoms with E-state index in [1.807, 2.05) is 0 Å². The summed E-state index contributed by atoms with van der Waals surface area (Å²) in [6, 6.07) is 6.74. The standard InChI is InChI=1S/C12H7N3O2/c16-11-9-3-1-2-4-10(9)12(17)15(11)8-5-13-7-14-6-8/h1-7H. The van der Waals surface area contributed by atoms with E-state index in [-0.39, 0.29) is 11.8 Å². The van der Waals surface area contributed by atoms with E-state index in [2.05, 4.69) is 9.97 Å². The maximum absolute atomic E-state index is 12.1. The van der Waals surface area contributed by atoms with E-state index in [0.717, 1.165) is 4.90 Å². The first-order valence-electron chi connectivity index (χ1n) is 5.02. The predicted molar refractivity (Wildman–Crippen MR) is 59.6 cm³/mol. The second-order valence-corrected chi connectivity index (χ2v) is 3.59. The van der Waals surface area contributed by atoms with E-state index in [1.165, 1.54) is 18.7 Å². The minimum absolute atomic E-state index is 0.333. The highest BCUT2D eigenvalue weighted by atomic mass is 16.2. The Morgan fingerprint density at radius 1 is 0.882 bits per heavy atom. The summed E-state index contributed by atoms with van der Waals surface area (Å²) >= 11 is 0. The third-order valence-electron chi connectivity index (χ3n) is 2.60. The molecule has 82 valence electrons. The third-order valence-corrected chi connectivity index (χ3v) is 2.60. The number of hydrogen-bond donors (Lipinski definition) is 0. The van der Waals surface area contributed by atoms with Crippen molar-refractivity contribution in [1.82, 2.24) is 9.97 Å². The Labute approximate surface area is 96.7 Å². The maximum Gasteiger partial charge on any atom is 0.266 e. The average Bonchev–Trinajstić information content (AvgIpc) is 2.64. The van der Waals surface area contributed by atoms with Crippen molar-refractivity contribution in [2.45, 2.75) is 0 Å². The number of anilines is 1. The SMILES string of the molecule is O=C1c2ccccc2C(=O)N1c1cncnc1. The summed E-state index contributed by atoms with van der Waals surface area (Å²) in [7, 11) is 0. The summed E-state index contributed by atoms with van der Waals surface area (Å²) in [5.74, 6) is -0.666. The lowest BCUT2D eigenvalue weighted by Crippen LogP contribution is -2.29. The van der Waals surface area contributed by atoms with Crippen LogP contribution in [0.5, 0.6) is 0 Å². The van der Waals surface area contributed by atoms with E-state index in [4.69, 9.17) is 0 Å². The maximum atomic E-state index is 12.1. The molecular weight excluding hydrogens is 218 g/mol. The van der Waals surface area contributed by atoms with Gasteiger partial charge in [0.25, 0.3) is 11.8 Å². The fourth-order valence-corrected chi connectivity index (χ4v) is 1.83. The fraction of sp³-hybridized carbons (Fsp3) is 0. The molecule has 1 aliphatic rings. The van der Waals surface area contributed by atoms with Crippen LogP contribution in [0.1, 0.15) is 20.7 Å². The first-order chi connectivity index (χ1) is 8.29. The Bertz CT molecular complexity index is 575. The molecule has 3 rings (SSSR count). The molecule has 5 nitrogen and oxygen atoms in total. The zero-order valence-corrected chi connectivity index (χ0v) is 8.70. The second kappa shape index (κ2) is 3.48. The molecule has 0 saturated heterocycles. The number of aromatic nitrogens is 2. The van der Waals surface area contributed by atoms with Crippen molar-refractivity contribution in [3.63, 3.8) is 0 Å². The van der Waals surface area contributed by atoms with Crippen LogP contribution in [0.15, 0.2) is 43.0 Å². The van der Waals surface area contributed by atoms with Gasteiger partial charge in [-0.15, -0.1) is 0 Å². The molecule has 1 aromatic carbocycles. The van der Waals surface area contributed by atoms with E-state index in [0.29, 0.717) is 16.8 Å². The van der Waals surface area contributed by atoms with Gasteiger partial charge in [0.1, 0.15) is 6.33 Å². The lowest BCUT2D eigenvalue weighted by atomic mass is 10.1. The van der Waals surface area contributed by atoms with Crippen LogP contribution >= 0.6 is 0 Å². The fourth-order valence-electron chi connectivity index (χ4n) is 1.83. The Morgan fingerprint density at radius 2 is 1.41 bits per heavy atom. The quantitative estimate of drug-likeness (QED) is 0.686. The van der Waals surface area contributed by atoms with Gasteiger partial charge in [-0.1, -0.05) is 12.1 Å². The van der Waals surface area contributed by atoms with Crippen molar-refractivity contribution in [2.75, 3.05) is 4.90 Å². The van der Waals surface area contributed by atoms with E-state index in [1.54, 1.807) is 24.3 Å². The van der Waals surface area contributed by atoms with Crippen molar-refractivity contribution in [1.29, 1.82) is 0 Å². The number of rotatable bonds is 1. The largest absolute Gasteiger partial charge is 0.268 e. The highest BCUT2D eigenvalue weighted by Gasteiger charge is 2.36. The monoisotopic (exact) mass is 225 g/mol. The normalized spacial score (nSPS) is 14.0. The van der Waals surface area contributed by atoms with Gasteiger partial charge in [0, 0.05) is 0 Å². The van der Waals surface area contributed by atoms with Gasteiger partial charge in [0.15, 0.2) is 0 Å². The predicted octanol–water partition coefficient (Wildman–Crippen LogP) is 1.28. The van der Waals surface area contributed by atoms with Gasteiger partial charge < -0.3 is 0 Å². The Kier molecular flexibility index (Phi) is 1.98. The molecule has 0 spiro atoms. The molecule has 0 bridgehead atoms. The molecule has 17 heavy (non-hydrogen) atoms. The average molecular weight is 225 g/mol. The molecule has 0 N–H and O–H groups in total. The van der Waals surface area contributed by atoms with Crippen molar-refractivity contribution < 1.29 is 9.59 Å². The van der Waals surface area contributed by atoms with Gasteiger partial charge in [-0.25, -0.2) is 14.9 Å². The lowest BCUT2D eigenvalue weighted by Gasteiger charge is -2.11. The summed E-state index contributed by atoms with van der Waals surface area (Å²) < 4.78 is 0. The summed E-state index contributed by atoms with van der Waals surface area (Å²) in [6.45, 7) is 0. The molecule has 2 amide bonds. The van der Waals surface area contributed by atoms with Crippen LogP contribution in [0.25, 0.3) is 0 Å². The van der Waals surface area contributed by atoms with Crippen molar-refractivity contribution in [2.24, 2.45) is 0 Å². The number of fused-ring (bicyclic) bond motifs is 1. The van der Waals surface area contributed by atoms with Crippen LogP contribution in [0, 0.1) is 0 Å². The molecule has 2 heterocycles.